The second-order valence-electron chi connectivity index (χ2n) is 9.39. The Labute approximate surface area is 241 Å². The summed E-state index contributed by atoms with van der Waals surface area (Å²) < 4.78 is 5.19. The Morgan fingerprint density at radius 1 is 1.00 bits per heavy atom. The Bertz CT molecular complexity index is 1590. The molecule has 0 fully saturated rings. The van der Waals surface area contributed by atoms with Crippen LogP contribution < -0.4 is 15.0 Å². The highest BCUT2D eigenvalue weighted by Crippen LogP contribution is 2.29. The molecule has 3 aromatic carbocycles. The summed E-state index contributed by atoms with van der Waals surface area (Å²) in [7, 11) is 1.56. The molecule has 1 N–H and O–H groups in total. The van der Waals surface area contributed by atoms with Gasteiger partial charge in [-0.2, -0.15) is 0 Å². The van der Waals surface area contributed by atoms with Crippen molar-refractivity contribution < 1.29 is 23.9 Å². The minimum Gasteiger partial charge on any atom is -0.497 e. The van der Waals surface area contributed by atoms with E-state index in [1.165, 1.54) is 21.1 Å². The van der Waals surface area contributed by atoms with Crippen LogP contribution in [0.15, 0.2) is 84.2 Å². The van der Waals surface area contributed by atoms with E-state index in [2.05, 4.69) is 5.32 Å². The molecule has 1 unspecified atom stereocenters. The first-order valence-electron chi connectivity index (χ1n) is 13.1. The molecule has 0 aliphatic carbocycles. The number of hydrogen-bond acceptors (Lipinski definition) is 7. The van der Waals surface area contributed by atoms with Gasteiger partial charge in [0.2, 0.25) is 11.8 Å². The molecule has 1 aliphatic rings. The van der Waals surface area contributed by atoms with Crippen LogP contribution in [0, 0.1) is 0 Å². The summed E-state index contributed by atoms with van der Waals surface area (Å²) in [5, 5.41) is 5.43. The molecule has 0 saturated carbocycles. The van der Waals surface area contributed by atoms with E-state index in [4.69, 9.17) is 9.72 Å². The van der Waals surface area contributed by atoms with Gasteiger partial charge in [-0.3, -0.25) is 24.1 Å². The van der Waals surface area contributed by atoms with Crippen LogP contribution in [0.5, 0.6) is 5.75 Å². The van der Waals surface area contributed by atoms with Crippen molar-refractivity contribution >= 4 is 46.2 Å². The summed E-state index contributed by atoms with van der Waals surface area (Å²) in [4.78, 5) is 60.1. The highest BCUT2D eigenvalue weighted by Gasteiger charge is 2.39. The van der Waals surface area contributed by atoms with E-state index < -0.39 is 23.6 Å². The van der Waals surface area contributed by atoms with E-state index in [0.717, 1.165) is 11.3 Å². The highest BCUT2D eigenvalue weighted by molar-refractivity contribution is 7.09. The number of aromatic nitrogens is 1. The van der Waals surface area contributed by atoms with Crippen molar-refractivity contribution in [2.24, 2.45) is 0 Å². The molecule has 208 valence electrons. The van der Waals surface area contributed by atoms with Crippen molar-refractivity contribution in [1.82, 2.24) is 9.88 Å². The van der Waals surface area contributed by atoms with Crippen LogP contribution in [-0.4, -0.2) is 53.1 Å². The number of benzene rings is 3. The molecule has 0 radical (unpaired) electrons. The van der Waals surface area contributed by atoms with Gasteiger partial charge < -0.3 is 15.0 Å². The van der Waals surface area contributed by atoms with Gasteiger partial charge in [-0.25, -0.2) is 4.98 Å². The molecule has 5 rings (SSSR count). The molecule has 0 saturated heterocycles. The van der Waals surface area contributed by atoms with Crippen LogP contribution >= 0.6 is 11.3 Å². The number of amides is 3. The fraction of sp³-hybridized carbons (Fsp3) is 0.194. The number of hydrogen-bond donors (Lipinski definition) is 1. The van der Waals surface area contributed by atoms with Gasteiger partial charge in [-0.05, 0) is 42.8 Å². The van der Waals surface area contributed by atoms with E-state index in [0.29, 0.717) is 28.6 Å². The predicted octanol–water partition coefficient (Wildman–Crippen LogP) is 4.79. The number of carbonyl (C=O) groups is 4. The van der Waals surface area contributed by atoms with E-state index in [9.17, 15) is 19.2 Å². The zero-order valence-electron chi connectivity index (χ0n) is 22.6. The summed E-state index contributed by atoms with van der Waals surface area (Å²) in [6, 6.07) is 22.3. The summed E-state index contributed by atoms with van der Waals surface area (Å²) in [5.41, 5.74) is 2.90. The summed E-state index contributed by atoms with van der Waals surface area (Å²) in [5.74, 6) is -1.63. The summed E-state index contributed by atoms with van der Waals surface area (Å²) >= 11 is 1.38. The van der Waals surface area contributed by atoms with Gasteiger partial charge in [0.05, 0.1) is 30.6 Å². The number of ketones is 1. The van der Waals surface area contributed by atoms with Gasteiger partial charge in [0.15, 0.2) is 0 Å². The largest absolute Gasteiger partial charge is 0.497 e. The first-order valence-corrected chi connectivity index (χ1v) is 14.0. The van der Waals surface area contributed by atoms with Crippen LogP contribution in [0.2, 0.25) is 0 Å². The lowest BCUT2D eigenvalue weighted by molar-refractivity contribution is -0.138. The lowest BCUT2D eigenvalue weighted by Gasteiger charge is -2.31. The average molecular weight is 569 g/mol. The van der Waals surface area contributed by atoms with Crippen molar-refractivity contribution in [1.29, 1.82) is 0 Å². The van der Waals surface area contributed by atoms with Crippen molar-refractivity contribution in [3.8, 4) is 17.0 Å². The zero-order valence-corrected chi connectivity index (χ0v) is 23.4. The molecule has 1 aromatic heterocycles. The Morgan fingerprint density at radius 2 is 1.71 bits per heavy atom. The normalized spacial score (nSPS) is 13.1. The minimum absolute atomic E-state index is 0.0580. The topological polar surface area (TPSA) is 109 Å². The smallest absolute Gasteiger partial charge is 0.299 e. The highest BCUT2D eigenvalue weighted by atomic mass is 32.1. The minimum atomic E-state index is -0.864. The number of rotatable bonds is 10. The number of Topliss-reactive ketones (excluding diaryl/α,β-unsaturated/α-hetero) is 1. The van der Waals surface area contributed by atoms with Gasteiger partial charge in [-0.15, -0.1) is 11.3 Å². The van der Waals surface area contributed by atoms with Gasteiger partial charge in [0.25, 0.3) is 11.7 Å². The van der Waals surface area contributed by atoms with Crippen LogP contribution in [0.25, 0.3) is 11.3 Å². The van der Waals surface area contributed by atoms with Crippen LogP contribution in [-0.2, 0) is 20.9 Å². The maximum Gasteiger partial charge on any atom is 0.299 e. The number of anilines is 2. The van der Waals surface area contributed by atoms with E-state index in [1.807, 2.05) is 42.6 Å². The number of ether oxygens (including phenoxy) is 1. The maximum atomic E-state index is 13.9. The second kappa shape index (κ2) is 12.1. The molecule has 3 amide bonds. The predicted molar refractivity (Wildman–Crippen MR) is 157 cm³/mol. The van der Waals surface area contributed by atoms with Crippen molar-refractivity contribution in [3.05, 3.63) is 94.8 Å². The molecule has 10 heteroatoms. The SMILES string of the molecule is CCC(C(=O)Nc1ccc(OC)cc1)N(Cc1nc(-c2ccccc2)cs1)C(=O)CN1C(=O)C(=O)c2ccccc21. The van der Waals surface area contributed by atoms with Gasteiger partial charge >= 0.3 is 0 Å². The Kier molecular flexibility index (Phi) is 8.21. The first kappa shape index (κ1) is 27.7. The molecule has 0 spiro atoms. The van der Waals surface area contributed by atoms with E-state index >= 15 is 0 Å². The summed E-state index contributed by atoms with van der Waals surface area (Å²) in [6.07, 6.45) is 0.314. The lowest BCUT2D eigenvalue weighted by atomic mass is 10.1. The molecule has 2 heterocycles. The van der Waals surface area contributed by atoms with Gasteiger partial charge in [0.1, 0.15) is 23.3 Å². The monoisotopic (exact) mass is 568 g/mol. The number of fused-ring (bicyclic) bond motifs is 1. The molecular formula is C31H28N4O5S. The fourth-order valence-electron chi connectivity index (χ4n) is 4.72. The number of para-hydroxylation sites is 1. The van der Waals surface area contributed by atoms with Crippen molar-refractivity contribution in [2.75, 3.05) is 23.9 Å². The van der Waals surface area contributed by atoms with Crippen LogP contribution in [0.1, 0.15) is 28.7 Å². The molecule has 41 heavy (non-hydrogen) atoms. The third kappa shape index (κ3) is 5.87. The quantitative estimate of drug-likeness (QED) is 0.276. The molecule has 9 nitrogen and oxygen atoms in total. The lowest BCUT2D eigenvalue weighted by Crippen LogP contribution is -2.50. The van der Waals surface area contributed by atoms with E-state index in [1.54, 1.807) is 55.6 Å². The average Bonchev–Trinajstić information content (AvgIpc) is 3.57. The Hall–Kier alpha value is -4.83. The maximum absolute atomic E-state index is 13.9. The molecule has 1 aliphatic heterocycles. The number of nitrogens with one attached hydrogen (secondary N) is 1. The third-order valence-electron chi connectivity index (χ3n) is 6.84. The number of carbonyl (C=O) groups excluding carboxylic acids is 4. The van der Waals surface area contributed by atoms with Gasteiger partial charge in [-0.1, -0.05) is 49.4 Å². The van der Waals surface area contributed by atoms with Gasteiger partial charge in [0, 0.05) is 16.6 Å². The summed E-state index contributed by atoms with van der Waals surface area (Å²) in [6.45, 7) is 1.49. The zero-order chi connectivity index (χ0) is 28.9. The van der Waals surface area contributed by atoms with E-state index in [-0.39, 0.29) is 24.6 Å². The molecule has 0 bridgehead atoms. The molecule has 1 atom stereocenters. The van der Waals surface area contributed by atoms with Crippen molar-refractivity contribution in [2.45, 2.75) is 25.9 Å². The fourth-order valence-corrected chi connectivity index (χ4v) is 5.52. The number of nitrogens with zero attached hydrogens (tertiary/aromatic N) is 3. The van der Waals surface area contributed by atoms with Crippen LogP contribution in [0.3, 0.4) is 0 Å². The molecule has 4 aromatic rings. The van der Waals surface area contributed by atoms with Crippen molar-refractivity contribution in [3.63, 3.8) is 0 Å². The number of methoxy groups -OCH3 is 1. The first-order chi connectivity index (χ1) is 19.9. The number of thiazole rings is 1. The second-order valence-corrected chi connectivity index (χ2v) is 10.3. The Morgan fingerprint density at radius 3 is 2.41 bits per heavy atom. The standard InChI is InChI=1S/C31H28N4O5S/c1-3-25(30(38)32-21-13-15-22(40-2)16-14-21)34(17-27-33-24(19-41-27)20-9-5-4-6-10-20)28(36)18-35-26-12-8-7-11-23(26)29(37)31(35)39/h4-16,19,25H,3,17-18H2,1-2H3,(H,32,38). The Balaban J connectivity index is 1.42. The molecular weight excluding hydrogens is 540 g/mol. The van der Waals surface area contributed by atoms with Crippen LogP contribution in [0.4, 0.5) is 11.4 Å². The third-order valence-corrected chi connectivity index (χ3v) is 7.68.